The molecule has 0 unspecified atom stereocenters. The van der Waals surface area contributed by atoms with E-state index in [0.717, 1.165) is 86.2 Å². The van der Waals surface area contributed by atoms with Gasteiger partial charge in [0.1, 0.15) is 0 Å². The Bertz CT molecular complexity index is 5460. The van der Waals surface area contributed by atoms with Crippen molar-refractivity contribution < 1.29 is 70.2 Å². The molecule has 1 aliphatic rings. The molecule has 12 aromatic rings. The molecule has 28 nitrogen and oxygen atoms in total. The number of pyridine rings is 4. The first kappa shape index (κ1) is 92.3. The Balaban J connectivity index is 0.000000174. The average molecular weight is 1750 g/mol. The Morgan fingerprint density at radius 1 is 0.360 bits per heavy atom. The summed E-state index contributed by atoms with van der Waals surface area (Å²) in [6.07, 6.45) is 0.253. The molecular weight excluding hydrogens is 1670 g/mol. The predicted octanol–water partition coefficient (Wildman–Crippen LogP) is 19.7. The quantitative estimate of drug-likeness (QED) is 0.0118. The fourth-order valence-electron chi connectivity index (χ4n) is 10.1. The third-order valence-corrected chi connectivity index (χ3v) is 16.2. The molecule has 1 fully saturated rings. The number of hydrogen-bond donors (Lipinski definition) is 11. The molecule has 44 heteroatoms. The van der Waals surface area contributed by atoms with Gasteiger partial charge in [0.15, 0.2) is 46.5 Å². The topological polar surface area (TPSA) is 340 Å². The van der Waals surface area contributed by atoms with Crippen LogP contribution >= 0.6 is 0 Å². The van der Waals surface area contributed by atoms with Gasteiger partial charge in [0.05, 0.1) is 142 Å². The van der Waals surface area contributed by atoms with Crippen molar-refractivity contribution in [3.05, 3.63) is 263 Å². The van der Waals surface area contributed by atoms with Crippen LogP contribution in [0, 0.1) is 35.1 Å². The zero-order chi connectivity index (χ0) is 89.9. The summed E-state index contributed by atoms with van der Waals surface area (Å²) in [4.78, 5) is 49.5. The number of anilines is 16. The van der Waals surface area contributed by atoms with Crippen LogP contribution in [-0.4, -0.2) is 118 Å². The SMILES string of the molecule is CC(C)CNc1nc(N/N=C/c2ccc(Nc3cccc(C(F)(F)F)c3)cn2)ncc1F.CC(C)Nc1nc(N/N=C/c2ccc(Nc3cccc(C(F)(F)F)c3)cn2)ncc1F.CN(C)c1nc(N/N=C/c2ccc(Nc3cccc(C(F)(F)F)c3)cn2)ncc1F.Fc1cnc(N/N=C/c2ccc(Nc3cccc(C(F)(F)F)c3)cn2)nc1NCC1CC1. The number of benzene rings is 4. The molecule has 0 spiro atoms. The molecule has 8 heterocycles. The molecule has 13 rings (SSSR count). The first-order valence-electron chi connectivity index (χ1n) is 37.3. The normalized spacial score (nSPS) is 12.2. The molecule has 1 saturated carbocycles. The molecule has 0 amide bonds. The van der Waals surface area contributed by atoms with Crippen LogP contribution in [-0.2, 0) is 24.7 Å². The van der Waals surface area contributed by atoms with Crippen molar-refractivity contribution in [3.8, 4) is 0 Å². The second-order valence-electron chi connectivity index (χ2n) is 27.5. The fraction of sp³-hybridized carbons (Fsp3) is 0.210. The van der Waals surface area contributed by atoms with Crippen molar-refractivity contribution in [3.63, 3.8) is 0 Å². The van der Waals surface area contributed by atoms with Gasteiger partial charge in [0.2, 0.25) is 23.8 Å². The maximum Gasteiger partial charge on any atom is 0.416 e. The summed E-state index contributed by atoms with van der Waals surface area (Å²) in [6, 6.07) is 32.6. The molecular formula is C81H76F16N28. The lowest BCUT2D eigenvalue weighted by Gasteiger charge is -2.12. The number of rotatable bonds is 29. The monoisotopic (exact) mass is 1740 g/mol. The maximum absolute atomic E-state index is 13.8. The Kier molecular flexibility index (Phi) is 31.7. The van der Waals surface area contributed by atoms with E-state index in [-0.39, 0.29) is 53.1 Å². The molecule has 4 aromatic carbocycles. The molecule has 0 atom stereocenters. The zero-order valence-electron chi connectivity index (χ0n) is 66.5. The standard InChI is InChI=1S/C21H19F4N7.C21H21F4N7.C20H19F4N7.C19H17F4N7/c22-18-12-28-20(31-19(18)27-9-13-4-5-13)32-29-11-16-6-7-17(10-26-16)30-15-3-1-2-14(8-15)21(23,24)25;1-13(2)9-27-19-18(22)12-28-20(31-19)32-29-11-16-6-7-17(10-26-16)30-15-5-3-4-14(8-15)21(23,24)25;1-12(2)28-18-17(21)11-26-19(30-18)31-27-10-15-6-7-16(9-25-15)29-14-5-3-4-13(8-14)20(22,23)24;1-30(2)17-16(20)11-25-18(28-17)29-26-10-14-6-7-15(9-24-14)27-13-5-3-4-12(8-13)19(21,22)23/h1-3,6-8,10-13,30H,4-5,9H2,(H2,27,28,31,32);3-8,10-13,30H,9H2,1-2H3,(H2,27,28,31,32);3-12,29H,1-2H3,(H2,26,28,30,31);3-11,27H,1-2H3,(H,25,28,29)/b2*29-11+;27-10+;26-10+. The second-order valence-corrected chi connectivity index (χ2v) is 27.5. The molecule has 8 aromatic heterocycles. The number of nitrogens with one attached hydrogen (secondary N) is 11. The van der Waals surface area contributed by atoms with Crippen LogP contribution in [0.25, 0.3) is 0 Å². The second kappa shape index (κ2) is 42.9. The maximum atomic E-state index is 13.8. The summed E-state index contributed by atoms with van der Waals surface area (Å²) >= 11 is 0. The molecule has 0 radical (unpaired) electrons. The summed E-state index contributed by atoms with van der Waals surface area (Å²) < 4.78 is 209. The minimum atomic E-state index is -4.41. The summed E-state index contributed by atoms with van der Waals surface area (Å²) in [6.45, 7) is 8.91. The predicted molar refractivity (Wildman–Crippen MR) is 446 cm³/mol. The first-order valence-corrected chi connectivity index (χ1v) is 37.3. The van der Waals surface area contributed by atoms with Gasteiger partial charge < -0.3 is 42.1 Å². The van der Waals surface area contributed by atoms with Gasteiger partial charge in [-0.3, -0.25) is 19.9 Å². The minimum Gasteiger partial charge on any atom is -0.367 e. The summed E-state index contributed by atoms with van der Waals surface area (Å²) in [5.74, 6) is -0.528. The zero-order valence-corrected chi connectivity index (χ0v) is 66.5. The molecule has 0 saturated heterocycles. The van der Waals surface area contributed by atoms with Crippen molar-refractivity contribution in [1.29, 1.82) is 0 Å². The van der Waals surface area contributed by atoms with Gasteiger partial charge in [-0.15, -0.1) is 0 Å². The summed E-state index contributed by atoms with van der Waals surface area (Å²) in [7, 11) is 3.30. The van der Waals surface area contributed by atoms with Crippen LogP contribution < -0.4 is 63.8 Å². The van der Waals surface area contributed by atoms with E-state index in [1.54, 1.807) is 62.6 Å². The van der Waals surface area contributed by atoms with Crippen molar-refractivity contribution in [1.82, 2.24) is 59.8 Å². The largest absolute Gasteiger partial charge is 0.416 e. The van der Waals surface area contributed by atoms with Crippen LogP contribution in [0.1, 0.15) is 85.6 Å². The van der Waals surface area contributed by atoms with Crippen LogP contribution in [0.3, 0.4) is 0 Å². The van der Waals surface area contributed by atoms with Gasteiger partial charge in [-0.2, -0.15) is 93.0 Å². The highest BCUT2D eigenvalue weighted by Crippen LogP contribution is 2.36. The fourth-order valence-corrected chi connectivity index (χ4v) is 10.1. The van der Waals surface area contributed by atoms with Gasteiger partial charge in [-0.1, -0.05) is 38.1 Å². The Morgan fingerprint density at radius 3 is 0.936 bits per heavy atom. The van der Waals surface area contributed by atoms with Gasteiger partial charge >= 0.3 is 24.7 Å². The lowest BCUT2D eigenvalue weighted by Crippen LogP contribution is -2.14. The number of alkyl halides is 12. The number of hydrazone groups is 4. The van der Waals surface area contributed by atoms with Gasteiger partial charge in [-0.25, -0.2) is 59.2 Å². The van der Waals surface area contributed by atoms with E-state index >= 15 is 0 Å². The number of hydrogen-bond acceptors (Lipinski definition) is 28. The van der Waals surface area contributed by atoms with E-state index in [1.807, 2.05) is 27.7 Å². The van der Waals surface area contributed by atoms with Crippen LogP contribution in [0.2, 0.25) is 0 Å². The van der Waals surface area contributed by atoms with Crippen LogP contribution in [0.5, 0.6) is 0 Å². The summed E-state index contributed by atoms with van der Waals surface area (Å²) in [5.41, 5.74) is 12.6. The molecule has 0 bridgehead atoms. The van der Waals surface area contributed by atoms with E-state index in [9.17, 15) is 70.2 Å². The number of aromatic nitrogens is 12. The summed E-state index contributed by atoms with van der Waals surface area (Å²) in [5, 5.41) is 36.1. The lowest BCUT2D eigenvalue weighted by molar-refractivity contribution is -0.138. The third-order valence-electron chi connectivity index (χ3n) is 16.2. The van der Waals surface area contributed by atoms with Crippen molar-refractivity contribution in [2.24, 2.45) is 32.2 Å². The molecule has 0 aliphatic heterocycles. The molecule has 11 N–H and O–H groups in total. The van der Waals surface area contributed by atoms with E-state index in [0.29, 0.717) is 93.2 Å². The van der Waals surface area contributed by atoms with Crippen molar-refractivity contribution in [2.45, 2.75) is 71.3 Å². The third kappa shape index (κ3) is 30.6. The molecule has 652 valence electrons. The van der Waals surface area contributed by atoms with Gasteiger partial charge in [-0.05, 0) is 160 Å². The highest BCUT2D eigenvalue weighted by Gasteiger charge is 2.34. The Labute approximate surface area is 702 Å². The van der Waals surface area contributed by atoms with Gasteiger partial charge in [0.25, 0.3) is 0 Å². The van der Waals surface area contributed by atoms with Crippen molar-refractivity contribution >= 4 is 117 Å². The van der Waals surface area contributed by atoms with Gasteiger partial charge in [0, 0.05) is 56.0 Å². The Morgan fingerprint density at radius 2 is 0.656 bits per heavy atom. The minimum absolute atomic E-state index is 0.00647. The van der Waals surface area contributed by atoms with Crippen LogP contribution in [0.15, 0.2) is 216 Å². The highest BCUT2D eigenvalue weighted by molar-refractivity contribution is 5.81. The van der Waals surface area contributed by atoms with E-state index in [4.69, 9.17) is 0 Å². The van der Waals surface area contributed by atoms with E-state index in [1.165, 1.54) is 103 Å². The average Bonchev–Trinajstić information content (AvgIpc) is 1.51. The number of halogens is 16. The highest BCUT2D eigenvalue weighted by atomic mass is 19.4. The lowest BCUT2D eigenvalue weighted by atomic mass is 10.2. The smallest absolute Gasteiger partial charge is 0.367 e. The number of nitrogens with zero attached hydrogens (tertiary/aromatic N) is 17. The van der Waals surface area contributed by atoms with Crippen LogP contribution in [0.4, 0.5) is 163 Å². The molecule has 125 heavy (non-hydrogen) atoms. The Hall–Kier alpha value is -15.0. The first-order chi connectivity index (χ1) is 59.5. The van der Waals surface area contributed by atoms with E-state index < -0.39 is 70.2 Å². The van der Waals surface area contributed by atoms with Crippen molar-refractivity contribution in [2.75, 3.05) is 91.0 Å². The molecule has 1 aliphatic carbocycles. The van der Waals surface area contributed by atoms with E-state index in [2.05, 4.69) is 139 Å².